The molecule has 60 heavy (non-hydrogen) atoms. The van der Waals surface area contributed by atoms with Crippen molar-refractivity contribution in [2.75, 3.05) is 81.9 Å². The van der Waals surface area contributed by atoms with Crippen molar-refractivity contribution in [3.63, 3.8) is 0 Å². The van der Waals surface area contributed by atoms with Crippen LogP contribution >= 0.6 is 0 Å². The van der Waals surface area contributed by atoms with E-state index in [1.54, 1.807) is 18.5 Å². The minimum absolute atomic E-state index is 0.0413. The third-order valence-electron chi connectivity index (χ3n) is 13.6. The topological polar surface area (TPSA) is 152 Å². The Labute approximate surface area is 348 Å². The fourth-order valence-electron chi connectivity index (χ4n) is 9.67. The lowest BCUT2D eigenvalue weighted by atomic mass is 9.92. The van der Waals surface area contributed by atoms with Crippen molar-refractivity contribution in [2.45, 2.75) is 76.2 Å². The van der Waals surface area contributed by atoms with Crippen molar-refractivity contribution in [3.8, 4) is 17.1 Å². The van der Waals surface area contributed by atoms with E-state index in [1.165, 1.54) is 4.90 Å². The van der Waals surface area contributed by atoms with E-state index in [-0.39, 0.29) is 48.7 Å². The summed E-state index contributed by atoms with van der Waals surface area (Å²) in [6.07, 6.45) is 7.46. The Morgan fingerprint density at radius 1 is 0.933 bits per heavy atom. The van der Waals surface area contributed by atoms with Gasteiger partial charge in [-0.05, 0) is 88.2 Å². The molecule has 10 rings (SSSR count). The fourth-order valence-corrected chi connectivity index (χ4v) is 9.67. The summed E-state index contributed by atoms with van der Waals surface area (Å²) in [5.74, 6) is 0.770. The van der Waals surface area contributed by atoms with E-state index in [0.717, 1.165) is 138 Å². The SMILES string of the molecule is CC1(Oc2ccc3[nH]nc(-c4cc(N5CCN(C[C@@H]6CN(CCC7CCN(c8ccc9c(c8F)CN(C8CCC(=O)NC8=O)C9=O)CC7)CCO6)CC5)ncn4)c3c2)CC1. The molecule has 2 aromatic carbocycles. The number of anilines is 2. The first-order chi connectivity index (χ1) is 29.2. The molecule has 0 spiro atoms. The highest BCUT2D eigenvalue weighted by molar-refractivity contribution is 6.05. The van der Waals surface area contributed by atoms with Crippen LogP contribution in [0.1, 0.15) is 67.8 Å². The van der Waals surface area contributed by atoms with Crippen molar-refractivity contribution in [1.29, 1.82) is 0 Å². The van der Waals surface area contributed by atoms with Crippen molar-refractivity contribution < 1.29 is 28.2 Å². The predicted molar refractivity (Wildman–Crippen MR) is 222 cm³/mol. The lowest BCUT2D eigenvalue weighted by Gasteiger charge is -2.40. The van der Waals surface area contributed by atoms with Gasteiger partial charge >= 0.3 is 0 Å². The smallest absolute Gasteiger partial charge is 0.255 e. The molecule has 1 unspecified atom stereocenters. The number of piperazine rings is 1. The molecular formula is C44H53FN10O5. The molecule has 6 aliphatic rings. The van der Waals surface area contributed by atoms with Crippen LogP contribution in [0.15, 0.2) is 42.7 Å². The van der Waals surface area contributed by atoms with E-state index in [2.05, 4.69) is 58.1 Å². The number of carbonyl (C=O) groups excluding carboxylic acids is 3. The molecule has 16 heteroatoms. The van der Waals surface area contributed by atoms with Crippen LogP contribution in [0, 0.1) is 11.7 Å². The maximum absolute atomic E-state index is 16.0. The predicted octanol–water partition coefficient (Wildman–Crippen LogP) is 3.98. The Kier molecular flexibility index (Phi) is 10.4. The summed E-state index contributed by atoms with van der Waals surface area (Å²) >= 11 is 0. The maximum atomic E-state index is 16.0. The normalized spacial score (nSPS) is 24.0. The second kappa shape index (κ2) is 16.0. The summed E-state index contributed by atoms with van der Waals surface area (Å²) in [5, 5.41) is 11.1. The number of aromatic amines is 1. The second-order valence-electron chi connectivity index (χ2n) is 17.7. The van der Waals surface area contributed by atoms with E-state index in [9.17, 15) is 14.4 Å². The van der Waals surface area contributed by atoms with Crippen LogP contribution in [-0.2, 0) is 20.9 Å². The number of fused-ring (bicyclic) bond motifs is 2. The number of hydrogen-bond donors (Lipinski definition) is 2. The van der Waals surface area contributed by atoms with E-state index in [0.29, 0.717) is 22.7 Å². The largest absolute Gasteiger partial charge is 0.488 e. The van der Waals surface area contributed by atoms with Gasteiger partial charge in [-0.1, -0.05) is 0 Å². The van der Waals surface area contributed by atoms with E-state index >= 15 is 4.39 Å². The average Bonchev–Trinajstić information content (AvgIpc) is 3.67. The highest BCUT2D eigenvalue weighted by Crippen LogP contribution is 2.41. The van der Waals surface area contributed by atoms with Crippen molar-refractivity contribution in [3.05, 3.63) is 59.7 Å². The molecule has 1 aliphatic carbocycles. The first-order valence-electron chi connectivity index (χ1n) is 21.7. The quantitative estimate of drug-likeness (QED) is 0.211. The lowest BCUT2D eigenvalue weighted by molar-refractivity contribution is -0.136. The summed E-state index contributed by atoms with van der Waals surface area (Å²) in [7, 11) is 0. The number of morpholine rings is 1. The van der Waals surface area contributed by atoms with Gasteiger partial charge in [-0.2, -0.15) is 5.10 Å². The van der Waals surface area contributed by atoms with Gasteiger partial charge in [0.25, 0.3) is 5.91 Å². The molecule has 7 heterocycles. The molecule has 2 aromatic heterocycles. The van der Waals surface area contributed by atoms with Crippen LogP contribution in [-0.4, -0.2) is 142 Å². The number of H-pyrrole nitrogens is 1. The third-order valence-corrected chi connectivity index (χ3v) is 13.6. The Morgan fingerprint density at radius 2 is 1.77 bits per heavy atom. The number of aromatic nitrogens is 4. The van der Waals surface area contributed by atoms with Crippen LogP contribution in [0.4, 0.5) is 15.9 Å². The number of imide groups is 1. The van der Waals surface area contributed by atoms with Crippen molar-refractivity contribution in [2.24, 2.45) is 5.92 Å². The molecule has 4 saturated heterocycles. The van der Waals surface area contributed by atoms with Crippen molar-refractivity contribution in [1.82, 2.24) is 40.2 Å². The first-order valence-corrected chi connectivity index (χ1v) is 21.7. The lowest BCUT2D eigenvalue weighted by Crippen LogP contribution is -2.53. The summed E-state index contributed by atoms with van der Waals surface area (Å²) in [6.45, 7) is 11.8. The summed E-state index contributed by atoms with van der Waals surface area (Å²) in [4.78, 5) is 57.4. The van der Waals surface area contributed by atoms with E-state index in [4.69, 9.17) is 9.47 Å². The van der Waals surface area contributed by atoms with Gasteiger partial charge in [-0.25, -0.2) is 14.4 Å². The van der Waals surface area contributed by atoms with Gasteiger partial charge in [0.1, 0.15) is 35.2 Å². The molecule has 2 N–H and O–H groups in total. The molecule has 5 fully saturated rings. The van der Waals surface area contributed by atoms with Gasteiger partial charge < -0.3 is 24.2 Å². The molecule has 1 saturated carbocycles. The number of rotatable bonds is 11. The third kappa shape index (κ3) is 7.92. The number of amides is 3. The Balaban J connectivity index is 0.675. The number of halogens is 1. The zero-order valence-electron chi connectivity index (χ0n) is 34.2. The summed E-state index contributed by atoms with van der Waals surface area (Å²) < 4.78 is 28.5. The number of nitrogens with one attached hydrogen (secondary N) is 2. The maximum Gasteiger partial charge on any atom is 0.255 e. The second-order valence-corrected chi connectivity index (χ2v) is 17.7. The monoisotopic (exact) mass is 820 g/mol. The number of carbonyl (C=O) groups is 3. The van der Waals surface area contributed by atoms with Crippen LogP contribution in [0.3, 0.4) is 0 Å². The number of benzene rings is 2. The molecular weight excluding hydrogens is 768 g/mol. The van der Waals surface area contributed by atoms with Gasteiger partial charge in [-0.15, -0.1) is 0 Å². The Hall–Kier alpha value is -5.19. The number of piperidine rings is 2. The number of hydrogen-bond acceptors (Lipinski definition) is 12. The molecule has 0 bridgehead atoms. The molecule has 4 aromatic rings. The van der Waals surface area contributed by atoms with Crippen LogP contribution in [0.2, 0.25) is 0 Å². The summed E-state index contributed by atoms with van der Waals surface area (Å²) in [6, 6.07) is 10.8. The summed E-state index contributed by atoms with van der Waals surface area (Å²) in [5.41, 5.74) is 3.66. The van der Waals surface area contributed by atoms with E-state index in [1.807, 2.05) is 18.2 Å². The minimum atomic E-state index is -0.758. The first kappa shape index (κ1) is 39.0. The number of ether oxygens (including phenoxy) is 2. The van der Waals surface area contributed by atoms with Gasteiger partial charge in [0.2, 0.25) is 11.8 Å². The van der Waals surface area contributed by atoms with Gasteiger partial charge in [-0.3, -0.25) is 34.6 Å². The zero-order valence-corrected chi connectivity index (χ0v) is 34.2. The standard InChI is InChI=1S/C44H53FN10O5/c1-44(11-12-44)60-29-2-4-34-32(22-29)41(50-49-34)35-23-38(47-27-46-35)54-18-16-52(17-19-54)25-30-24-51(20-21-59-30)13-8-28-9-14-53(15-10-28)36-5-3-31-33(40(36)45)26-55(43(31)58)37-6-7-39(56)48-42(37)57/h2-5,22-23,27-28,30,37H,6-21,24-26H2,1H3,(H,49,50)(H,48,56,57)/t30-,37?/m0/s1. The van der Waals surface area contributed by atoms with Crippen LogP contribution in [0.25, 0.3) is 22.3 Å². The number of nitrogens with zero attached hydrogens (tertiary/aromatic N) is 8. The molecule has 0 radical (unpaired) electrons. The molecule has 15 nitrogen and oxygen atoms in total. The minimum Gasteiger partial charge on any atom is -0.488 e. The van der Waals surface area contributed by atoms with E-state index < -0.39 is 11.9 Å². The van der Waals surface area contributed by atoms with Gasteiger partial charge in [0, 0.05) is 87.9 Å². The van der Waals surface area contributed by atoms with Gasteiger partial charge in [0.15, 0.2) is 5.82 Å². The van der Waals surface area contributed by atoms with Gasteiger partial charge in [0.05, 0.1) is 36.2 Å². The van der Waals surface area contributed by atoms with Crippen LogP contribution in [0.5, 0.6) is 5.75 Å². The highest BCUT2D eigenvalue weighted by atomic mass is 19.1. The molecule has 316 valence electrons. The van der Waals surface area contributed by atoms with Crippen LogP contribution < -0.4 is 19.9 Å². The average molecular weight is 821 g/mol. The molecule has 3 amide bonds. The highest BCUT2D eigenvalue weighted by Gasteiger charge is 2.42. The fraction of sp³-hybridized carbons (Fsp3) is 0.545. The van der Waals surface area contributed by atoms with Crippen molar-refractivity contribution >= 4 is 40.1 Å². The molecule has 2 atom stereocenters. The Bertz CT molecular complexity index is 2280. The Morgan fingerprint density at radius 3 is 2.57 bits per heavy atom. The zero-order chi connectivity index (χ0) is 41.0. The molecule has 5 aliphatic heterocycles.